The maximum absolute atomic E-state index is 10.7. The van der Waals surface area contributed by atoms with Gasteiger partial charge in [0.05, 0.1) is 20.2 Å². The standard InChI is InChI=1S/C6H13O5PS/c1-8-6(7)5-11-12(9-2,10-3)13-4/h5H,1-4H3/b6-5+. The fourth-order valence-electron chi connectivity index (χ4n) is 0.508. The maximum atomic E-state index is 10.7. The molecule has 0 N–H and O–H groups in total. The monoisotopic (exact) mass is 228 g/mol. The first kappa shape index (κ1) is 12.8. The van der Waals surface area contributed by atoms with Crippen molar-refractivity contribution in [1.82, 2.24) is 0 Å². The molecule has 0 fully saturated rings. The molecule has 0 amide bonds. The van der Waals surface area contributed by atoms with E-state index in [1.165, 1.54) is 32.7 Å². The molecule has 5 nitrogen and oxygen atoms in total. The van der Waals surface area contributed by atoms with Crippen LogP contribution in [0.3, 0.4) is 0 Å². The van der Waals surface area contributed by atoms with Crippen LogP contribution in [0.5, 0.6) is 0 Å². The van der Waals surface area contributed by atoms with Crippen molar-refractivity contribution in [3.8, 4) is 0 Å². The first-order valence-corrected chi connectivity index (χ1v) is 6.67. The summed E-state index contributed by atoms with van der Waals surface area (Å²) >= 11 is 1.28. The molecule has 0 aromatic carbocycles. The molecule has 0 unspecified atom stereocenters. The number of ether oxygens (including phenoxy) is 1. The Morgan fingerprint density at radius 3 is 2.15 bits per heavy atom. The fourth-order valence-corrected chi connectivity index (χ4v) is 2.71. The van der Waals surface area contributed by atoms with Crippen LogP contribution in [0.25, 0.3) is 0 Å². The normalized spacial score (nSPS) is 12.8. The largest absolute Gasteiger partial charge is 0.614 e. The molecule has 0 aliphatic carbocycles. The van der Waals surface area contributed by atoms with E-state index in [-0.39, 0.29) is 0 Å². The summed E-state index contributed by atoms with van der Waals surface area (Å²) in [7, 11) is 1.73. The summed E-state index contributed by atoms with van der Waals surface area (Å²) in [6.07, 6.45) is 2.71. The summed E-state index contributed by atoms with van der Waals surface area (Å²) < 4.78 is 19.5. The van der Waals surface area contributed by atoms with Crippen molar-refractivity contribution in [3.63, 3.8) is 0 Å². The van der Waals surface area contributed by atoms with Crippen LogP contribution in [0.15, 0.2) is 12.2 Å². The van der Waals surface area contributed by atoms with Gasteiger partial charge in [0.25, 0.3) is 0 Å². The molecule has 13 heavy (non-hydrogen) atoms. The van der Waals surface area contributed by atoms with Crippen LogP contribution in [0.4, 0.5) is 0 Å². The molecule has 0 aliphatic heterocycles. The van der Waals surface area contributed by atoms with Crippen molar-refractivity contribution in [1.29, 1.82) is 0 Å². The molecule has 78 valence electrons. The summed E-state index contributed by atoms with van der Waals surface area (Å²) in [6.45, 7) is 0. The highest BCUT2D eigenvalue weighted by Crippen LogP contribution is 2.70. The number of methoxy groups -OCH3 is 1. The van der Waals surface area contributed by atoms with E-state index in [1.54, 1.807) is 6.26 Å². The predicted octanol–water partition coefficient (Wildman–Crippen LogP) is 1.14. The lowest BCUT2D eigenvalue weighted by atomic mass is 11.0. The van der Waals surface area contributed by atoms with E-state index in [0.717, 1.165) is 6.26 Å². The van der Waals surface area contributed by atoms with Gasteiger partial charge < -0.3 is 9.84 Å². The van der Waals surface area contributed by atoms with Crippen molar-refractivity contribution in [2.75, 3.05) is 27.6 Å². The molecular weight excluding hydrogens is 215 g/mol. The second-order valence-electron chi connectivity index (χ2n) is 1.74. The molecule has 0 rings (SSSR count). The molecule has 0 aliphatic rings. The highest BCUT2D eigenvalue weighted by atomic mass is 32.7. The van der Waals surface area contributed by atoms with Crippen LogP contribution in [0.2, 0.25) is 0 Å². The third kappa shape index (κ3) is 4.04. The first-order chi connectivity index (χ1) is 6.14. The van der Waals surface area contributed by atoms with Crippen LogP contribution in [-0.2, 0) is 18.3 Å². The van der Waals surface area contributed by atoms with Crippen molar-refractivity contribution in [2.45, 2.75) is 0 Å². The lowest BCUT2D eigenvalue weighted by Gasteiger charge is -2.15. The molecular formula is C6H13O5PS. The third-order valence-corrected chi connectivity index (χ3v) is 5.35. The smallest absolute Gasteiger partial charge is 0.523 e. The van der Waals surface area contributed by atoms with Gasteiger partial charge in [0, 0.05) is 6.26 Å². The lowest BCUT2D eigenvalue weighted by Crippen LogP contribution is -2.06. The minimum absolute atomic E-state index is 0.576. The number of hydrogen-bond donors (Lipinski definition) is 0. The SMILES string of the molecule is CO/C([O-])=C/O[P+](OC)(OC)SC. The zero-order valence-electron chi connectivity index (χ0n) is 7.97. The summed E-state index contributed by atoms with van der Waals surface area (Å²) in [5, 5.41) is 10.7. The molecule has 0 atom stereocenters. The molecule has 0 heterocycles. The van der Waals surface area contributed by atoms with Gasteiger partial charge >= 0.3 is 7.15 Å². The zero-order valence-corrected chi connectivity index (χ0v) is 9.68. The summed E-state index contributed by atoms with van der Waals surface area (Å²) in [6, 6.07) is 0. The Balaban J connectivity index is 4.25. The van der Waals surface area contributed by atoms with Gasteiger partial charge in [-0.05, 0) is 7.11 Å². The number of hydrogen-bond acceptors (Lipinski definition) is 6. The Bertz CT molecular complexity index is 162. The highest BCUT2D eigenvalue weighted by molar-refractivity contribution is 8.57. The van der Waals surface area contributed by atoms with E-state index < -0.39 is 13.1 Å². The fraction of sp³-hybridized carbons (Fsp3) is 0.667. The van der Waals surface area contributed by atoms with Crippen molar-refractivity contribution >= 4 is 18.5 Å². The van der Waals surface area contributed by atoms with E-state index in [1.807, 2.05) is 0 Å². The van der Waals surface area contributed by atoms with Gasteiger partial charge in [0.1, 0.15) is 11.4 Å². The maximum Gasteiger partial charge on any atom is 0.523 e. The summed E-state index contributed by atoms with van der Waals surface area (Å²) in [5.74, 6) is -0.576. The van der Waals surface area contributed by atoms with E-state index in [4.69, 9.17) is 13.6 Å². The van der Waals surface area contributed by atoms with E-state index in [0.29, 0.717) is 0 Å². The molecule has 7 heteroatoms. The Morgan fingerprint density at radius 2 is 1.85 bits per heavy atom. The topological polar surface area (TPSA) is 60.0 Å². The quantitative estimate of drug-likeness (QED) is 0.502. The molecule has 0 aromatic heterocycles. The van der Waals surface area contributed by atoms with Gasteiger partial charge in [0.15, 0.2) is 6.26 Å². The highest BCUT2D eigenvalue weighted by Gasteiger charge is 2.43. The van der Waals surface area contributed by atoms with E-state index >= 15 is 0 Å². The molecule has 0 saturated heterocycles. The average Bonchev–Trinajstić information content (AvgIpc) is 2.20. The van der Waals surface area contributed by atoms with Crippen molar-refractivity contribution in [2.24, 2.45) is 0 Å². The van der Waals surface area contributed by atoms with Crippen LogP contribution < -0.4 is 5.11 Å². The predicted molar refractivity (Wildman–Crippen MR) is 50.6 cm³/mol. The van der Waals surface area contributed by atoms with E-state index in [9.17, 15) is 5.11 Å². The molecule has 0 aromatic rings. The second kappa shape index (κ2) is 6.32. The van der Waals surface area contributed by atoms with Crippen LogP contribution >= 0.6 is 18.5 Å². The van der Waals surface area contributed by atoms with Crippen LogP contribution in [-0.4, -0.2) is 27.6 Å². The van der Waals surface area contributed by atoms with Crippen molar-refractivity contribution < 1.29 is 23.4 Å². The Morgan fingerprint density at radius 1 is 1.31 bits per heavy atom. The van der Waals surface area contributed by atoms with Gasteiger partial charge in [0.2, 0.25) is 0 Å². The first-order valence-electron chi connectivity index (χ1n) is 3.30. The minimum atomic E-state index is -2.45. The Hall–Kier alpha value is -0.160. The van der Waals surface area contributed by atoms with Gasteiger partial charge in [-0.2, -0.15) is 9.05 Å². The molecule has 0 saturated carbocycles. The van der Waals surface area contributed by atoms with Gasteiger partial charge in [-0.3, -0.25) is 4.52 Å². The van der Waals surface area contributed by atoms with Crippen LogP contribution in [0.1, 0.15) is 0 Å². The van der Waals surface area contributed by atoms with Crippen molar-refractivity contribution in [3.05, 3.63) is 12.2 Å². The average molecular weight is 228 g/mol. The van der Waals surface area contributed by atoms with Crippen LogP contribution in [0, 0.1) is 0 Å². The molecule has 0 radical (unpaired) electrons. The third-order valence-electron chi connectivity index (χ3n) is 1.15. The van der Waals surface area contributed by atoms with Gasteiger partial charge in [-0.15, -0.1) is 0 Å². The second-order valence-corrected chi connectivity index (χ2v) is 6.38. The van der Waals surface area contributed by atoms with E-state index in [2.05, 4.69) is 4.74 Å². The molecule has 0 spiro atoms. The lowest BCUT2D eigenvalue weighted by molar-refractivity contribution is -0.355. The minimum Gasteiger partial charge on any atom is -0.614 e. The Kier molecular flexibility index (Phi) is 6.24. The Labute approximate surface area is 82.3 Å². The van der Waals surface area contributed by atoms with Gasteiger partial charge in [-0.1, -0.05) is 0 Å². The van der Waals surface area contributed by atoms with Gasteiger partial charge in [-0.25, -0.2) is 0 Å². The molecule has 0 bridgehead atoms. The number of rotatable bonds is 6. The summed E-state index contributed by atoms with van der Waals surface area (Å²) in [5.41, 5.74) is 0. The zero-order chi connectivity index (χ0) is 10.3. The summed E-state index contributed by atoms with van der Waals surface area (Å²) in [4.78, 5) is 0.